The summed E-state index contributed by atoms with van der Waals surface area (Å²) in [5, 5.41) is 10.9. The van der Waals surface area contributed by atoms with E-state index < -0.39 is 40.6 Å². The predicted molar refractivity (Wildman–Crippen MR) is 235 cm³/mol. The van der Waals surface area contributed by atoms with E-state index in [1.807, 2.05) is 12.2 Å². The van der Waals surface area contributed by atoms with E-state index >= 15 is 0 Å². The predicted octanol–water partition coefficient (Wildman–Crippen LogP) is 10.7. The average molecular weight is 956 g/mol. The lowest BCUT2D eigenvalue weighted by Crippen LogP contribution is -2.38. The van der Waals surface area contributed by atoms with Crippen LogP contribution in [0.4, 0.5) is 47.3 Å². The summed E-state index contributed by atoms with van der Waals surface area (Å²) in [6, 6.07) is 9.95. The zero-order valence-corrected chi connectivity index (χ0v) is 35.8. The standard InChI is InChI=1S/C21H19Cl2F3N4O2.C21H20ClF3N4O2.CH4/c1-12(31)27-10-13-8-18(23)19(28-11-13)14-4-6-30(7-5-14)20(32)29-15-2-3-16(17(22)9-15)21(24,25)26;1-13(30)26-11-14-10-18(22)19(27-12-14)15-6-8-29(9-7-15)20(31)28-17-4-2-16(3-5-17)21(23,24)25;/h2-4,8-9,11H,5-7,10H2,1H3,(H,27,31)(H,29,32);2-6,10,12H,7-9,11H2,1H3,(H,26,30)(H,28,31);1H4. The summed E-state index contributed by atoms with van der Waals surface area (Å²) in [6.07, 6.45) is -1.02. The molecule has 2 aromatic carbocycles. The highest BCUT2D eigenvalue weighted by Crippen LogP contribution is 2.36. The zero-order chi connectivity index (χ0) is 46.1. The van der Waals surface area contributed by atoms with Crippen LogP contribution in [0, 0.1) is 0 Å². The first-order valence-corrected chi connectivity index (χ1v) is 20.1. The molecule has 0 unspecified atom stereocenters. The molecule has 6 rings (SSSR count). The minimum absolute atomic E-state index is 0. The van der Waals surface area contributed by atoms with Gasteiger partial charge in [-0.2, -0.15) is 26.3 Å². The van der Waals surface area contributed by atoms with Crippen molar-refractivity contribution >= 4 is 81.2 Å². The van der Waals surface area contributed by atoms with E-state index in [1.165, 1.54) is 30.9 Å². The third-order valence-corrected chi connectivity index (χ3v) is 10.4. The third-order valence-electron chi connectivity index (χ3n) is 9.47. The lowest BCUT2D eigenvalue weighted by Gasteiger charge is -2.27. The molecule has 2 aromatic heterocycles. The Labute approximate surface area is 380 Å². The van der Waals surface area contributed by atoms with Gasteiger partial charge < -0.3 is 31.1 Å². The summed E-state index contributed by atoms with van der Waals surface area (Å²) in [5.74, 6) is -0.304. The molecule has 2 aliphatic rings. The van der Waals surface area contributed by atoms with Crippen LogP contribution in [-0.4, -0.2) is 69.8 Å². The summed E-state index contributed by atoms with van der Waals surface area (Å²) < 4.78 is 76.4. The smallest absolute Gasteiger partial charge is 0.352 e. The number of urea groups is 2. The topological polar surface area (TPSA) is 149 Å². The number of carbonyl (C=O) groups excluding carboxylic acids is 4. The number of aromatic nitrogens is 2. The van der Waals surface area contributed by atoms with Gasteiger partial charge in [-0.3, -0.25) is 19.6 Å². The number of pyridine rings is 2. The van der Waals surface area contributed by atoms with Gasteiger partial charge in [0.25, 0.3) is 0 Å². The molecular formula is C43H43Cl3F6N8O4. The number of nitrogens with zero attached hydrogens (tertiary/aromatic N) is 4. The number of carbonyl (C=O) groups is 4. The molecule has 2 aliphatic heterocycles. The van der Waals surface area contributed by atoms with Crippen LogP contribution in [0.1, 0.15) is 67.8 Å². The number of hydrogen-bond donors (Lipinski definition) is 4. The van der Waals surface area contributed by atoms with Crippen LogP contribution < -0.4 is 21.3 Å². The zero-order valence-electron chi connectivity index (χ0n) is 33.5. The second-order valence-electron chi connectivity index (χ2n) is 14.1. The highest BCUT2D eigenvalue weighted by Gasteiger charge is 2.33. The van der Waals surface area contributed by atoms with Crippen molar-refractivity contribution in [1.29, 1.82) is 0 Å². The molecule has 64 heavy (non-hydrogen) atoms. The second-order valence-corrected chi connectivity index (χ2v) is 15.4. The fraction of sp³-hybridized carbons (Fsp3) is 0.302. The molecule has 0 saturated carbocycles. The van der Waals surface area contributed by atoms with Crippen molar-refractivity contribution in [1.82, 2.24) is 30.4 Å². The Morgan fingerprint density at radius 1 is 0.625 bits per heavy atom. The van der Waals surface area contributed by atoms with Gasteiger partial charge in [0, 0.05) is 76.9 Å². The molecule has 0 atom stereocenters. The van der Waals surface area contributed by atoms with Crippen molar-refractivity contribution in [3.8, 4) is 0 Å². The van der Waals surface area contributed by atoms with Gasteiger partial charge >= 0.3 is 24.4 Å². The summed E-state index contributed by atoms with van der Waals surface area (Å²) in [7, 11) is 0. The number of benzene rings is 2. The summed E-state index contributed by atoms with van der Waals surface area (Å²) in [5.41, 5.74) is 3.26. The molecule has 21 heteroatoms. The number of anilines is 2. The normalized spacial score (nSPS) is 13.9. The second kappa shape index (κ2) is 22.2. The minimum atomic E-state index is -4.56. The van der Waals surface area contributed by atoms with Crippen LogP contribution in [0.2, 0.25) is 15.1 Å². The van der Waals surface area contributed by atoms with E-state index in [4.69, 9.17) is 34.8 Å². The van der Waals surface area contributed by atoms with Crippen molar-refractivity contribution < 1.29 is 45.5 Å². The number of amides is 6. The molecule has 4 aromatic rings. The Kier molecular flexibility index (Phi) is 17.6. The molecule has 0 aliphatic carbocycles. The molecule has 12 nitrogen and oxygen atoms in total. The minimum Gasteiger partial charge on any atom is -0.352 e. The Hall–Kier alpha value is -5.85. The Bertz CT molecular complexity index is 2410. The van der Waals surface area contributed by atoms with E-state index in [-0.39, 0.29) is 37.2 Å². The lowest BCUT2D eigenvalue weighted by molar-refractivity contribution is -0.138. The molecule has 0 saturated heterocycles. The van der Waals surface area contributed by atoms with Crippen LogP contribution in [0.25, 0.3) is 11.1 Å². The molecule has 4 heterocycles. The maximum absolute atomic E-state index is 12.8. The van der Waals surface area contributed by atoms with Gasteiger partial charge in [0.2, 0.25) is 11.8 Å². The van der Waals surface area contributed by atoms with Gasteiger partial charge in [0.15, 0.2) is 0 Å². The Morgan fingerprint density at radius 2 is 1.06 bits per heavy atom. The first kappa shape index (κ1) is 50.8. The summed E-state index contributed by atoms with van der Waals surface area (Å²) in [4.78, 5) is 58.8. The Balaban J connectivity index is 0.000000276. The molecule has 342 valence electrons. The van der Waals surface area contributed by atoms with Crippen molar-refractivity contribution in [3.05, 3.63) is 128 Å². The average Bonchev–Trinajstić information content (AvgIpc) is 3.22. The van der Waals surface area contributed by atoms with E-state index in [0.29, 0.717) is 67.0 Å². The SMILES string of the molecule is C.CC(=O)NCc1cnc(C2=CCN(C(=O)Nc3ccc(C(F)(F)F)c(Cl)c3)CC2)c(Cl)c1.CC(=O)NCc1cnc(C2=CCN(C(=O)Nc3ccc(C(F)(F)F)cc3)CC2)c(Cl)c1. The molecule has 0 fully saturated rings. The largest absolute Gasteiger partial charge is 0.417 e. The number of hydrogen-bond acceptors (Lipinski definition) is 6. The van der Waals surface area contributed by atoms with E-state index in [9.17, 15) is 45.5 Å². The highest BCUT2D eigenvalue weighted by atomic mass is 35.5. The third kappa shape index (κ3) is 14.3. The maximum atomic E-state index is 12.8. The van der Waals surface area contributed by atoms with Gasteiger partial charge in [-0.05, 0) is 89.7 Å². The summed E-state index contributed by atoms with van der Waals surface area (Å²) in [6.45, 7) is 4.87. The van der Waals surface area contributed by atoms with Gasteiger partial charge in [-0.15, -0.1) is 0 Å². The number of rotatable bonds is 8. The first-order valence-electron chi connectivity index (χ1n) is 19.0. The van der Waals surface area contributed by atoms with Crippen molar-refractivity contribution in [2.45, 2.75) is 59.6 Å². The molecule has 0 spiro atoms. The van der Waals surface area contributed by atoms with E-state index in [1.54, 1.807) is 29.4 Å². The lowest BCUT2D eigenvalue weighted by atomic mass is 10.0. The van der Waals surface area contributed by atoms with Gasteiger partial charge in [0.1, 0.15) is 0 Å². The quantitative estimate of drug-likeness (QED) is 0.129. The molecular weight excluding hydrogens is 913 g/mol. The number of alkyl halides is 6. The van der Waals surface area contributed by atoms with Gasteiger partial charge in [0.05, 0.1) is 37.6 Å². The molecule has 0 bridgehead atoms. The Morgan fingerprint density at radius 3 is 1.42 bits per heavy atom. The van der Waals surface area contributed by atoms with Crippen LogP contribution >= 0.6 is 34.8 Å². The first-order chi connectivity index (χ1) is 29.7. The fourth-order valence-corrected chi connectivity index (χ4v) is 7.09. The summed E-state index contributed by atoms with van der Waals surface area (Å²) >= 11 is 18.4. The molecule has 0 radical (unpaired) electrons. The number of nitrogens with one attached hydrogen (secondary N) is 4. The monoisotopic (exact) mass is 954 g/mol. The van der Waals surface area contributed by atoms with Crippen LogP contribution in [0.15, 0.2) is 79.1 Å². The van der Waals surface area contributed by atoms with Crippen molar-refractivity contribution in [2.75, 3.05) is 36.8 Å². The number of halogens is 9. The van der Waals surface area contributed by atoms with Crippen molar-refractivity contribution in [3.63, 3.8) is 0 Å². The molecule has 4 N–H and O–H groups in total. The molecule has 6 amide bonds. The van der Waals surface area contributed by atoms with E-state index in [0.717, 1.165) is 52.6 Å². The van der Waals surface area contributed by atoms with Crippen LogP contribution in [0.3, 0.4) is 0 Å². The fourth-order valence-electron chi connectivity index (χ4n) is 6.18. The van der Waals surface area contributed by atoms with Crippen LogP contribution in [0.5, 0.6) is 0 Å². The highest BCUT2D eigenvalue weighted by molar-refractivity contribution is 6.32. The van der Waals surface area contributed by atoms with Gasteiger partial charge in [-0.1, -0.05) is 54.4 Å². The maximum Gasteiger partial charge on any atom is 0.417 e. The van der Waals surface area contributed by atoms with Crippen LogP contribution in [-0.2, 0) is 35.0 Å². The van der Waals surface area contributed by atoms with Crippen molar-refractivity contribution in [2.24, 2.45) is 0 Å². The van der Waals surface area contributed by atoms with Gasteiger partial charge in [-0.25, -0.2) is 9.59 Å². The van der Waals surface area contributed by atoms with E-state index in [2.05, 4.69) is 31.2 Å².